The van der Waals surface area contributed by atoms with Crippen LogP contribution in [-0.2, 0) is 0 Å². The van der Waals surface area contributed by atoms with Crippen molar-refractivity contribution in [3.05, 3.63) is 73.3 Å². The van der Waals surface area contributed by atoms with Gasteiger partial charge in [-0.2, -0.15) is 0 Å². The summed E-state index contributed by atoms with van der Waals surface area (Å²) in [6.45, 7) is 0. The van der Waals surface area contributed by atoms with E-state index in [-0.39, 0.29) is 0 Å². The number of hydrogen-bond donors (Lipinski definition) is 2. The number of rotatable bonds is 2. The maximum absolute atomic E-state index is 4.44. The van der Waals surface area contributed by atoms with Crippen molar-refractivity contribution in [2.45, 2.75) is 0 Å². The van der Waals surface area contributed by atoms with Gasteiger partial charge in [-0.15, -0.1) is 0 Å². The molecular formula is C20H14N4. The molecule has 0 aliphatic rings. The molecule has 0 saturated carbocycles. The van der Waals surface area contributed by atoms with E-state index < -0.39 is 0 Å². The molecule has 0 amide bonds. The Morgan fingerprint density at radius 2 is 1.00 bits per heavy atom. The quantitative estimate of drug-likeness (QED) is 0.493. The lowest BCUT2D eigenvalue weighted by Gasteiger charge is -2.06. The number of fused-ring (bicyclic) bond motifs is 2. The molecule has 0 spiro atoms. The highest BCUT2D eigenvalue weighted by atomic mass is 14.9. The number of nitrogens with one attached hydrogen (secondary N) is 2. The summed E-state index contributed by atoms with van der Waals surface area (Å²) in [6.07, 6.45) is 3.47. The topological polar surface area (TPSA) is 57.4 Å². The number of H-pyrrole nitrogens is 2. The Morgan fingerprint density at radius 1 is 0.542 bits per heavy atom. The summed E-state index contributed by atoms with van der Waals surface area (Å²) in [4.78, 5) is 15.2. The third-order valence-corrected chi connectivity index (χ3v) is 4.41. The van der Waals surface area contributed by atoms with Crippen molar-refractivity contribution in [1.82, 2.24) is 19.9 Å². The van der Waals surface area contributed by atoms with Gasteiger partial charge in [-0.1, -0.05) is 48.5 Å². The van der Waals surface area contributed by atoms with Crippen LogP contribution in [0.5, 0.6) is 0 Å². The maximum Gasteiger partial charge on any atom is 0.0960 e. The summed E-state index contributed by atoms with van der Waals surface area (Å²) in [5.74, 6) is 0. The fourth-order valence-corrected chi connectivity index (χ4v) is 3.23. The van der Waals surface area contributed by atoms with E-state index in [9.17, 15) is 0 Å². The number of aromatic nitrogens is 4. The van der Waals surface area contributed by atoms with Crippen LogP contribution in [0.2, 0.25) is 0 Å². The Bertz CT molecular complexity index is 1060. The molecule has 0 bridgehead atoms. The van der Waals surface area contributed by atoms with E-state index >= 15 is 0 Å². The molecule has 114 valence electrons. The molecule has 0 fully saturated rings. The molecule has 0 atom stereocenters. The van der Waals surface area contributed by atoms with Crippen LogP contribution in [0.1, 0.15) is 0 Å². The minimum Gasteiger partial charge on any atom is -0.345 e. The molecule has 0 unspecified atom stereocenters. The molecule has 2 heterocycles. The first-order valence-corrected chi connectivity index (χ1v) is 7.85. The third-order valence-electron chi connectivity index (χ3n) is 4.41. The molecule has 2 N–H and O–H groups in total. The van der Waals surface area contributed by atoms with Crippen LogP contribution in [0.3, 0.4) is 0 Å². The highest BCUT2D eigenvalue weighted by Gasteiger charge is 2.08. The van der Waals surface area contributed by atoms with E-state index in [4.69, 9.17) is 0 Å². The van der Waals surface area contributed by atoms with Crippen LogP contribution >= 0.6 is 0 Å². The Morgan fingerprint density at radius 3 is 1.46 bits per heavy atom. The zero-order valence-electron chi connectivity index (χ0n) is 12.8. The second-order valence-electron chi connectivity index (χ2n) is 5.79. The second kappa shape index (κ2) is 5.06. The summed E-state index contributed by atoms with van der Waals surface area (Å²) < 4.78 is 0. The standard InChI is InChI=1S/C20H14N4/c1-3-15(19-17(5-1)21-11-23-19)13-7-9-14(10-8-13)16-4-2-6-18-20(16)24-12-22-18/h1-12H,(H,21,23)(H,22,24). The minimum absolute atomic E-state index is 1.000. The van der Waals surface area contributed by atoms with E-state index in [1.807, 2.05) is 24.3 Å². The van der Waals surface area contributed by atoms with Gasteiger partial charge in [0.25, 0.3) is 0 Å². The van der Waals surface area contributed by atoms with Crippen molar-refractivity contribution in [3.63, 3.8) is 0 Å². The second-order valence-corrected chi connectivity index (χ2v) is 5.79. The van der Waals surface area contributed by atoms with Crippen molar-refractivity contribution in [3.8, 4) is 22.3 Å². The fourth-order valence-electron chi connectivity index (χ4n) is 3.23. The summed E-state index contributed by atoms with van der Waals surface area (Å²) in [5, 5.41) is 0. The van der Waals surface area contributed by atoms with Crippen molar-refractivity contribution >= 4 is 22.1 Å². The lowest BCUT2D eigenvalue weighted by atomic mass is 9.99. The Labute approximate surface area is 138 Å². The first kappa shape index (κ1) is 13.1. The van der Waals surface area contributed by atoms with Crippen LogP contribution in [-0.4, -0.2) is 19.9 Å². The van der Waals surface area contributed by atoms with Crippen LogP contribution in [0, 0.1) is 0 Å². The van der Waals surface area contributed by atoms with Gasteiger partial charge in [-0.25, -0.2) is 9.97 Å². The Balaban J connectivity index is 1.63. The lowest BCUT2D eigenvalue weighted by molar-refractivity contribution is 1.34. The average molecular weight is 310 g/mol. The molecule has 0 radical (unpaired) electrons. The molecule has 2 aromatic heterocycles. The first-order chi connectivity index (χ1) is 11.9. The zero-order chi connectivity index (χ0) is 15.9. The fraction of sp³-hybridized carbons (Fsp3) is 0. The van der Waals surface area contributed by atoms with Gasteiger partial charge in [0.15, 0.2) is 0 Å². The van der Waals surface area contributed by atoms with Gasteiger partial charge < -0.3 is 9.97 Å². The van der Waals surface area contributed by atoms with Gasteiger partial charge in [-0.05, 0) is 23.3 Å². The van der Waals surface area contributed by atoms with E-state index in [2.05, 4.69) is 56.3 Å². The number of aromatic amines is 2. The van der Waals surface area contributed by atoms with Crippen LogP contribution < -0.4 is 0 Å². The molecule has 0 aliphatic carbocycles. The Hall–Kier alpha value is -3.40. The number of hydrogen-bond acceptors (Lipinski definition) is 2. The molecule has 5 rings (SSSR count). The summed E-state index contributed by atoms with van der Waals surface area (Å²) >= 11 is 0. The zero-order valence-corrected chi connectivity index (χ0v) is 12.8. The van der Waals surface area contributed by atoms with Crippen LogP contribution in [0.4, 0.5) is 0 Å². The van der Waals surface area contributed by atoms with Crippen LogP contribution in [0.15, 0.2) is 73.3 Å². The summed E-state index contributed by atoms with van der Waals surface area (Å²) in [5.41, 5.74) is 8.70. The van der Waals surface area contributed by atoms with Crippen LogP contribution in [0.25, 0.3) is 44.3 Å². The van der Waals surface area contributed by atoms with Gasteiger partial charge >= 0.3 is 0 Å². The molecule has 5 aromatic rings. The molecule has 24 heavy (non-hydrogen) atoms. The average Bonchev–Trinajstić information content (AvgIpc) is 3.30. The van der Waals surface area contributed by atoms with Crippen molar-refractivity contribution in [1.29, 1.82) is 0 Å². The van der Waals surface area contributed by atoms with E-state index in [1.54, 1.807) is 12.7 Å². The van der Waals surface area contributed by atoms with Crippen molar-refractivity contribution in [2.75, 3.05) is 0 Å². The Kier molecular flexibility index (Phi) is 2.76. The lowest BCUT2D eigenvalue weighted by Crippen LogP contribution is -1.83. The predicted octanol–water partition coefficient (Wildman–Crippen LogP) is 4.77. The first-order valence-electron chi connectivity index (χ1n) is 7.85. The smallest absolute Gasteiger partial charge is 0.0960 e. The summed E-state index contributed by atoms with van der Waals surface area (Å²) in [7, 11) is 0. The monoisotopic (exact) mass is 310 g/mol. The van der Waals surface area contributed by atoms with Crippen molar-refractivity contribution < 1.29 is 0 Å². The molecule has 0 saturated heterocycles. The highest BCUT2D eigenvalue weighted by Crippen LogP contribution is 2.31. The van der Waals surface area contributed by atoms with E-state index in [0.29, 0.717) is 0 Å². The number of imidazole rings is 2. The van der Waals surface area contributed by atoms with E-state index in [1.165, 1.54) is 0 Å². The number of para-hydroxylation sites is 2. The van der Waals surface area contributed by atoms with Gasteiger partial charge in [0.05, 0.1) is 34.7 Å². The molecular weight excluding hydrogens is 296 g/mol. The van der Waals surface area contributed by atoms with Crippen molar-refractivity contribution in [2.24, 2.45) is 0 Å². The van der Waals surface area contributed by atoms with Gasteiger partial charge in [0.1, 0.15) is 0 Å². The number of benzene rings is 3. The van der Waals surface area contributed by atoms with Gasteiger partial charge in [-0.3, -0.25) is 0 Å². The third kappa shape index (κ3) is 1.93. The minimum atomic E-state index is 1.000. The molecule has 4 heteroatoms. The van der Waals surface area contributed by atoms with E-state index in [0.717, 1.165) is 44.3 Å². The van der Waals surface area contributed by atoms with Gasteiger partial charge in [0, 0.05) is 11.1 Å². The summed E-state index contributed by atoms with van der Waals surface area (Å²) in [6, 6.07) is 21.0. The largest absolute Gasteiger partial charge is 0.345 e. The van der Waals surface area contributed by atoms with Gasteiger partial charge in [0.2, 0.25) is 0 Å². The molecule has 3 aromatic carbocycles. The highest BCUT2D eigenvalue weighted by molar-refractivity contribution is 5.94. The number of nitrogens with zero attached hydrogens (tertiary/aromatic N) is 2. The molecule has 0 aliphatic heterocycles. The normalized spacial score (nSPS) is 11.3. The predicted molar refractivity (Wildman–Crippen MR) is 96.6 cm³/mol. The SMILES string of the molecule is c1cc(-c2ccc(-c3cccc4[nH]cnc34)cc2)c2nc[nH]c2c1. The molecule has 4 nitrogen and oxygen atoms in total. The maximum atomic E-state index is 4.44.